The molecule has 0 aliphatic heterocycles. The van der Waals surface area contributed by atoms with Crippen LogP contribution in [-0.4, -0.2) is 18.9 Å². The Bertz CT molecular complexity index is 909. The third-order valence-electron chi connectivity index (χ3n) is 2.80. The molecule has 132 valence electrons. The van der Waals surface area contributed by atoms with Gasteiger partial charge in [0.1, 0.15) is 18.2 Å². The average Bonchev–Trinajstić information content (AvgIpc) is 2.52. The van der Waals surface area contributed by atoms with Crippen LogP contribution in [0, 0.1) is 11.3 Å². The number of nitrogens with zero attached hydrogens (tertiary/aromatic N) is 2. The first kappa shape index (κ1) is 18.3. The van der Waals surface area contributed by atoms with Crippen LogP contribution in [0.4, 0.5) is 18.9 Å². The van der Waals surface area contributed by atoms with Crippen LogP contribution >= 0.6 is 0 Å². The van der Waals surface area contributed by atoms with Crippen LogP contribution in [0.25, 0.3) is 0 Å². The van der Waals surface area contributed by atoms with E-state index >= 15 is 0 Å². The van der Waals surface area contributed by atoms with E-state index in [1.54, 1.807) is 36.4 Å². The van der Waals surface area contributed by atoms with Crippen molar-refractivity contribution < 1.29 is 30.5 Å². The van der Waals surface area contributed by atoms with Crippen molar-refractivity contribution in [2.24, 2.45) is 0 Å². The Hall–Kier alpha value is -3.00. The lowest BCUT2D eigenvalue weighted by Gasteiger charge is -2.12. The second-order valence-corrected chi connectivity index (χ2v) is 6.14. The molecule has 0 aliphatic carbocycles. The number of anilines is 1. The quantitative estimate of drug-likeness (QED) is 0.632. The Morgan fingerprint density at radius 1 is 1.24 bits per heavy atom. The summed E-state index contributed by atoms with van der Waals surface area (Å²) >= 11 is 0. The molecule has 1 aromatic heterocycles. The molecule has 0 saturated carbocycles. The molecule has 0 radical (unpaired) electrons. The Balaban J connectivity index is 2.33. The van der Waals surface area contributed by atoms with E-state index in [0.29, 0.717) is 11.6 Å². The number of nitriles is 1. The standard InChI is InChI=1S/C14H10F3N3O4S/c15-14(16,17)25(21,22)24-12-6-11(19)10(7-18)13(20-12)23-8-9-4-2-1-3-5-9/h1-6H,8H2,(H2,19,20). The van der Waals surface area contributed by atoms with E-state index in [2.05, 4.69) is 9.17 Å². The van der Waals surface area contributed by atoms with E-state index in [1.165, 1.54) is 0 Å². The number of hydrogen-bond acceptors (Lipinski definition) is 7. The first-order valence-corrected chi connectivity index (χ1v) is 7.93. The van der Waals surface area contributed by atoms with Crippen molar-refractivity contribution >= 4 is 15.8 Å². The van der Waals surface area contributed by atoms with Crippen LogP contribution < -0.4 is 14.7 Å². The normalized spacial score (nSPS) is 11.6. The van der Waals surface area contributed by atoms with Gasteiger partial charge in [0, 0.05) is 6.07 Å². The number of aromatic nitrogens is 1. The molecule has 1 heterocycles. The molecule has 0 spiro atoms. The van der Waals surface area contributed by atoms with Crippen molar-refractivity contribution in [1.82, 2.24) is 4.98 Å². The topological polar surface area (TPSA) is 115 Å². The summed E-state index contributed by atoms with van der Waals surface area (Å²) in [7, 11) is -5.93. The molecule has 2 rings (SSSR count). The minimum absolute atomic E-state index is 0.0720. The van der Waals surface area contributed by atoms with Crippen LogP contribution in [0.5, 0.6) is 11.8 Å². The fourth-order valence-electron chi connectivity index (χ4n) is 1.66. The molecular weight excluding hydrogens is 363 g/mol. The Morgan fingerprint density at radius 3 is 2.44 bits per heavy atom. The van der Waals surface area contributed by atoms with Gasteiger partial charge in [-0.25, -0.2) is 0 Å². The largest absolute Gasteiger partial charge is 0.534 e. The molecule has 0 amide bonds. The van der Waals surface area contributed by atoms with Crippen LogP contribution in [0.15, 0.2) is 36.4 Å². The van der Waals surface area contributed by atoms with Gasteiger partial charge in [0.15, 0.2) is 0 Å². The summed E-state index contributed by atoms with van der Waals surface area (Å²) in [4.78, 5) is 3.49. The number of rotatable bonds is 5. The van der Waals surface area contributed by atoms with E-state index in [4.69, 9.17) is 15.7 Å². The van der Waals surface area contributed by atoms with Crippen molar-refractivity contribution in [1.29, 1.82) is 5.26 Å². The summed E-state index contributed by atoms with van der Waals surface area (Å²) in [5.41, 5.74) is -0.0207. The Morgan fingerprint density at radius 2 is 1.88 bits per heavy atom. The summed E-state index contributed by atoms with van der Waals surface area (Å²) in [6.45, 7) is -0.0720. The highest BCUT2D eigenvalue weighted by atomic mass is 32.2. The van der Waals surface area contributed by atoms with E-state index in [-0.39, 0.29) is 17.9 Å². The molecule has 0 unspecified atom stereocenters. The zero-order chi connectivity index (χ0) is 18.7. The second-order valence-electron chi connectivity index (χ2n) is 4.60. The molecule has 2 aromatic rings. The highest BCUT2D eigenvalue weighted by Crippen LogP contribution is 2.31. The van der Waals surface area contributed by atoms with E-state index in [1.807, 2.05) is 0 Å². The number of hydrogen-bond donors (Lipinski definition) is 1. The summed E-state index contributed by atoms with van der Waals surface area (Å²) < 4.78 is 68.4. The summed E-state index contributed by atoms with van der Waals surface area (Å²) in [5, 5.41) is 9.06. The fourth-order valence-corrected chi connectivity index (χ4v) is 2.07. The summed E-state index contributed by atoms with van der Waals surface area (Å²) in [6, 6.07) is 11.0. The number of halogens is 3. The van der Waals surface area contributed by atoms with Gasteiger partial charge in [-0.15, -0.1) is 0 Å². The lowest BCUT2D eigenvalue weighted by atomic mass is 10.2. The minimum Gasteiger partial charge on any atom is -0.472 e. The number of ether oxygens (including phenoxy) is 1. The van der Waals surface area contributed by atoms with Gasteiger partial charge in [0.25, 0.3) is 0 Å². The highest BCUT2D eigenvalue weighted by molar-refractivity contribution is 7.87. The van der Waals surface area contributed by atoms with E-state index in [9.17, 15) is 21.6 Å². The average molecular weight is 373 g/mol. The third kappa shape index (κ3) is 4.30. The number of nitrogen functional groups attached to an aromatic ring is 1. The smallest absolute Gasteiger partial charge is 0.472 e. The molecule has 25 heavy (non-hydrogen) atoms. The minimum atomic E-state index is -5.93. The van der Waals surface area contributed by atoms with Crippen LogP contribution in [0.1, 0.15) is 11.1 Å². The monoisotopic (exact) mass is 373 g/mol. The molecule has 0 aliphatic rings. The van der Waals surface area contributed by atoms with Gasteiger partial charge in [0.2, 0.25) is 11.8 Å². The molecule has 0 bridgehead atoms. The van der Waals surface area contributed by atoms with Crippen LogP contribution in [-0.2, 0) is 16.7 Å². The van der Waals surface area contributed by atoms with Crippen LogP contribution in [0.2, 0.25) is 0 Å². The molecule has 7 nitrogen and oxygen atoms in total. The first-order chi connectivity index (χ1) is 11.6. The number of pyridine rings is 1. The van der Waals surface area contributed by atoms with E-state index in [0.717, 1.165) is 0 Å². The molecule has 0 saturated heterocycles. The molecular formula is C14H10F3N3O4S. The van der Waals surface area contributed by atoms with Crippen molar-refractivity contribution in [3.63, 3.8) is 0 Å². The maximum absolute atomic E-state index is 12.4. The lowest BCUT2D eigenvalue weighted by molar-refractivity contribution is -0.0501. The maximum Gasteiger partial charge on any atom is 0.534 e. The van der Waals surface area contributed by atoms with Gasteiger partial charge in [-0.1, -0.05) is 30.3 Å². The molecule has 0 atom stereocenters. The van der Waals surface area contributed by atoms with Crippen molar-refractivity contribution in [3.05, 3.63) is 47.5 Å². The molecule has 0 fully saturated rings. The van der Waals surface area contributed by atoms with Gasteiger partial charge in [-0.3, -0.25) is 0 Å². The zero-order valence-corrected chi connectivity index (χ0v) is 13.1. The number of benzene rings is 1. The predicted molar refractivity (Wildman–Crippen MR) is 79.7 cm³/mol. The highest BCUT2D eigenvalue weighted by Gasteiger charge is 2.49. The predicted octanol–water partition coefficient (Wildman–Crippen LogP) is 2.34. The Labute approximate surface area is 140 Å². The van der Waals surface area contributed by atoms with Crippen molar-refractivity contribution in [2.75, 3.05) is 5.73 Å². The van der Waals surface area contributed by atoms with Crippen molar-refractivity contribution in [2.45, 2.75) is 12.1 Å². The van der Waals surface area contributed by atoms with Gasteiger partial charge >= 0.3 is 15.6 Å². The molecule has 2 N–H and O–H groups in total. The van der Waals surface area contributed by atoms with Gasteiger partial charge in [-0.05, 0) is 5.56 Å². The molecule has 1 aromatic carbocycles. The number of alkyl halides is 3. The molecule has 11 heteroatoms. The van der Waals surface area contributed by atoms with Crippen molar-refractivity contribution in [3.8, 4) is 17.8 Å². The maximum atomic E-state index is 12.4. The first-order valence-electron chi connectivity index (χ1n) is 6.52. The fraction of sp³-hybridized carbons (Fsp3) is 0.143. The third-order valence-corrected chi connectivity index (χ3v) is 3.76. The van der Waals surface area contributed by atoms with Crippen LogP contribution in [0.3, 0.4) is 0 Å². The lowest BCUT2D eigenvalue weighted by Crippen LogP contribution is -2.28. The SMILES string of the molecule is N#Cc1c(N)cc(OS(=O)(=O)C(F)(F)F)nc1OCc1ccccc1. The second kappa shape index (κ2) is 6.86. The summed E-state index contributed by atoms with van der Waals surface area (Å²) in [5.74, 6) is -1.41. The Kier molecular flexibility index (Phi) is 5.03. The number of nitrogens with two attached hydrogens (primary N) is 1. The summed E-state index contributed by atoms with van der Waals surface area (Å²) in [6.07, 6.45) is 0. The van der Waals surface area contributed by atoms with Gasteiger partial charge in [-0.2, -0.15) is 31.8 Å². The van der Waals surface area contributed by atoms with Gasteiger partial charge < -0.3 is 14.7 Å². The van der Waals surface area contributed by atoms with Gasteiger partial charge in [0.05, 0.1) is 5.69 Å². The zero-order valence-electron chi connectivity index (χ0n) is 12.3. The van der Waals surface area contributed by atoms with E-state index < -0.39 is 27.4 Å².